The summed E-state index contributed by atoms with van der Waals surface area (Å²) < 4.78 is 9.78. The third-order valence-corrected chi connectivity index (χ3v) is 3.30. The number of hydrogen-bond acceptors (Lipinski definition) is 5. The monoisotopic (exact) mass is 256 g/mol. The van der Waals surface area contributed by atoms with Gasteiger partial charge in [-0.25, -0.2) is 4.79 Å². The van der Waals surface area contributed by atoms with E-state index in [4.69, 9.17) is 4.74 Å². The molecule has 0 atom stereocenters. The average molecular weight is 256 g/mol. The molecule has 1 aliphatic carbocycles. The second-order valence-corrected chi connectivity index (χ2v) is 4.50. The second kappa shape index (κ2) is 7.26. The Labute approximate surface area is 107 Å². The predicted molar refractivity (Wildman–Crippen MR) is 64.0 cm³/mol. The molecule has 0 unspecified atom stereocenters. The molecule has 5 heteroatoms. The van der Waals surface area contributed by atoms with Crippen molar-refractivity contribution >= 4 is 17.5 Å². The van der Waals surface area contributed by atoms with Gasteiger partial charge in [0, 0.05) is 13.0 Å². The summed E-state index contributed by atoms with van der Waals surface area (Å²) in [6.45, 7) is 1.77. The van der Waals surface area contributed by atoms with Crippen molar-refractivity contribution < 1.29 is 23.9 Å². The summed E-state index contributed by atoms with van der Waals surface area (Å²) in [6, 6.07) is 0. The Kier molecular flexibility index (Phi) is 5.98. The van der Waals surface area contributed by atoms with Crippen molar-refractivity contribution in [3.8, 4) is 0 Å². The van der Waals surface area contributed by atoms with Crippen LogP contribution in [0.1, 0.15) is 39.0 Å². The molecule has 0 aliphatic heterocycles. The third kappa shape index (κ3) is 4.22. The highest BCUT2D eigenvalue weighted by Gasteiger charge is 2.29. The van der Waals surface area contributed by atoms with Crippen molar-refractivity contribution in [3.05, 3.63) is 0 Å². The second-order valence-electron chi connectivity index (χ2n) is 4.50. The normalized spacial score (nSPS) is 23.4. The Hall–Kier alpha value is -1.23. The molecular formula is C13H20O5. The number of ketones is 2. The van der Waals surface area contributed by atoms with Crippen LogP contribution < -0.4 is 0 Å². The Morgan fingerprint density at radius 2 is 1.72 bits per heavy atom. The van der Waals surface area contributed by atoms with E-state index in [0.29, 0.717) is 0 Å². The summed E-state index contributed by atoms with van der Waals surface area (Å²) in [7, 11) is 1.66. The molecule has 1 saturated carbocycles. The number of carbonyl (C=O) groups is 3. The van der Waals surface area contributed by atoms with Gasteiger partial charge >= 0.3 is 5.97 Å². The summed E-state index contributed by atoms with van der Waals surface area (Å²) in [5, 5.41) is 0. The maximum absolute atomic E-state index is 11.8. The summed E-state index contributed by atoms with van der Waals surface area (Å²) in [6.07, 6.45) is 3.01. The molecule has 1 fully saturated rings. The van der Waals surface area contributed by atoms with Crippen molar-refractivity contribution in [3.63, 3.8) is 0 Å². The molecule has 0 aromatic heterocycles. The first kappa shape index (κ1) is 14.8. The van der Waals surface area contributed by atoms with Gasteiger partial charge in [0.05, 0.1) is 19.1 Å². The topological polar surface area (TPSA) is 69.7 Å². The molecule has 0 bridgehead atoms. The van der Waals surface area contributed by atoms with Gasteiger partial charge in [-0.15, -0.1) is 0 Å². The van der Waals surface area contributed by atoms with Gasteiger partial charge in [-0.1, -0.05) is 0 Å². The van der Waals surface area contributed by atoms with Crippen LogP contribution in [0.3, 0.4) is 0 Å². The molecule has 0 radical (unpaired) electrons. The molecule has 0 aromatic rings. The number of rotatable bonds is 6. The zero-order chi connectivity index (χ0) is 13.5. The molecule has 0 saturated heterocycles. The van der Waals surface area contributed by atoms with Crippen molar-refractivity contribution in [1.82, 2.24) is 0 Å². The van der Waals surface area contributed by atoms with Gasteiger partial charge in [-0.2, -0.15) is 0 Å². The zero-order valence-electron chi connectivity index (χ0n) is 10.9. The maximum atomic E-state index is 11.8. The number of hydrogen-bond donors (Lipinski definition) is 0. The van der Waals surface area contributed by atoms with Crippen LogP contribution in [0, 0.1) is 5.92 Å². The Bertz CT molecular complexity index is 315. The number of esters is 1. The number of methoxy groups -OCH3 is 1. The van der Waals surface area contributed by atoms with Crippen molar-refractivity contribution in [2.45, 2.75) is 45.1 Å². The van der Waals surface area contributed by atoms with Crippen LogP contribution >= 0.6 is 0 Å². The van der Waals surface area contributed by atoms with Crippen molar-refractivity contribution in [2.75, 3.05) is 13.7 Å². The molecule has 18 heavy (non-hydrogen) atoms. The highest BCUT2D eigenvalue weighted by Crippen LogP contribution is 2.27. The standard InChI is InChI=1S/C13H20O5/c1-3-18-13(16)12(15)8-11(14)9-4-6-10(17-2)7-5-9/h9-10H,3-8H2,1-2H3/t9-,10+. The zero-order valence-corrected chi connectivity index (χ0v) is 10.9. The minimum absolute atomic E-state index is 0.116. The molecule has 102 valence electrons. The first-order valence-corrected chi connectivity index (χ1v) is 6.34. The van der Waals surface area contributed by atoms with Gasteiger partial charge in [-0.05, 0) is 32.6 Å². The molecule has 1 rings (SSSR count). The van der Waals surface area contributed by atoms with Crippen LogP contribution in [0.5, 0.6) is 0 Å². The summed E-state index contributed by atoms with van der Waals surface area (Å²) in [5.41, 5.74) is 0. The largest absolute Gasteiger partial charge is 0.460 e. The van der Waals surface area contributed by atoms with Crippen molar-refractivity contribution in [2.24, 2.45) is 5.92 Å². The van der Waals surface area contributed by atoms with Crippen molar-refractivity contribution in [1.29, 1.82) is 0 Å². The number of carbonyl (C=O) groups excluding carboxylic acids is 3. The molecule has 5 nitrogen and oxygen atoms in total. The van der Waals surface area contributed by atoms with E-state index in [1.165, 1.54) is 0 Å². The Morgan fingerprint density at radius 3 is 2.22 bits per heavy atom. The SMILES string of the molecule is CCOC(=O)C(=O)CC(=O)[C@H]1CC[C@@H](OC)CC1. The van der Waals surface area contributed by atoms with Gasteiger partial charge in [-0.3, -0.25) is 9.59 Å². The molecule has 0 aromatic carbocycles. The predicted octanol–water partition coefficient (Wildman–Crippen LogP) is 1.28. The van der Waals surface area contributed by atoms with Crippen LogP contribution in [0.2, 0.25) is 0 Å². The first-order valence-electron chi connectivity index (χ1n) is 6.34. The lowest BCUT2D eigenvalue weighted by Gasteiger charge is -2.26. The number of Topliss-reactive ketones (excluding diaryl/α,β-unsaturated/α-hetero) is 2. The van der Waals surface area contributed by atoms with Crippen LogP contribution in [-0.4, -0.2) is 37.4 Å². The lowest BCUT2D eigenvalue weighted by molar-refractivity contribution is -0.154. The summed E-state index contributed by atoms with van der Waals surface area (Å²) in [5.74, 6) is -1.91. The van der Waals surface area contributed by atoms with E-state index in [0.717, 1.165) is 25.7 Å². The lowest BCUT2D eigenvalue weighted by atomic mass is 9.83. The van der Waals surface area contributed by atoms with Gasteiger partial charge < -0.3 is 9.47 Å². The van der Waals surface area contributed by atoms with E-state index < -0.39 is 11.8 Å². The van der Waals surface area contributed by atoms with Crippen LogP contribution in [0.15, 0.2) is 0 Å². The van der Waals surface area contributed by atoms with Crippen LogP contribution in [0.4, 0.5) is 0 Å². The molecule has 0 amide bonds. The number of ether oxygens (including phenoxy) is 2. The van der Waals surface area contributed by atoms with E-state index >= 15 is 0 Å². The Morgan fingerprint density at radius 1 is 1.11 bits per heavy atom. The smallest absolute Gasteiger partial charge is 0.375 e. The highest BCUT2D eigenvalue weighted by atomic mass is 16.5. The molecule has 0 N–H and O–H groups in total. The third-order valence-electron chi connectivity index (χ3n) is 3.30. The van der Waals surface area contributed by atoms with Gasteiger partial charge in [0.15, 0.2) is 0 Å². The van der Waals surface area contributed by atoms with E-state index in [9.17, 15) is 14.4 Å². The molecule has 0 spiro atoms. The van der Waals surface area contributed by atoms with E-state index in [1.807, 2.05) is 0 Å². The van der Waals surface area contributed by atoms with E-state index in [1.54, 1.807) is 14.0 Å². The van der Waals surface area contributed by atoms with E-state index in [2.05, 4.69) is 4.74 Å². The molecular weight excluding hydrogens is 236 g/mol. The minimum atomic E-state index is -0.906. The fourth-order valence-corrected chi connectivity index (χ4v) is 2.21. The van der Waals surface area contributed by atoms with Gasteiger partial charge in [0.2, 0.25) is 5.78 Å². The fourth-order valence-electron chi connectivity index (χ4n) is 2.21. The van der Waals surface area contributed by atoms with E-state index in [-0.39, 0.29) is 30.8 Å². The molecule has 1 aliphatic rings. The quantitative estimate of drug-likeness (QED) is 0.407. The molecule has 0 heterocycles. The van der Waals surface area contributed by atoms with Gasteiger partial charge in [0.25, 0.3) is 0 Å². The fraction of sp³-hybridized carbons (Fsp3) is 0.769. The summed E-state index contributed by atoms with van der Waals surface area (Å²) in [4.78, 5) is 34.3. The lowest BCUT2D eigenvalue weighted by Crippen LogP contribution is -2.29. The first-order chi connectivity index (χ1) is 8.58. The minimum Gasteiger partial charge on any atom is -0.460 e. The highest BCUT2D eigenvalue weighted by molar-refractivity contribution is 6.37. The van der Waals surface area contributed by atoms with Crippen LogP contribution in [0.25, 0.3) is 0 Å². The van der Waals surface area contributed by atoms with Crippen LogP contribution in [-0.2, 0) is 23.9 Å². The summed E-state index contributed by atoms with van der Waals surface area (Å²) >= 11 is 0. The van der Waals surface area contributed by atoms with Gasteiger partial charge in [0.1, 0.15) is 5.78 Å². The average Bonchev–Trinajstić information content (AvgIpc) is 2.39. The Balaban J connectivity index is 2.37. The maximum Gasteiger partial charge on any atom is 0.375 e.